The SMILES string of the molecule is CCCCCCCCCCCCCCCC(=O)N[C@H](CCCCN)C(=O)N[C@@H](CCCCN)C(=O)N[C@H]1CC(C)N([C@@H](CCCNC(=N)N)C(=O)N[C@@H](CO)C(=O)N[C@@H](CCSC)C(=O)N[C@H](C(=O)N[C@@H](CC(=O)O)C(=O)N[C@@H](CCCCN)C(=O)N[C@@H](Cc2ccc(O)cc2)C(=O)N[C@@H](CCCNC(=N)N)C(=O)N[C@@H](CC(C)C)C(=O)N[C@@H](Cc2c[nH]cn2)C(N)=O)[C@@H](C)O)C1=O. The lowest BCUT2D eigenvalue weighted by molar-refractivity contribution is -0.142. The molecule has 0 radical (unpaired) electrons. The molecule has 1 fully saturated rings. The van der Waals surface area contributed by atoms with E-state index in [1.807, 2.05) is 0 Å². The molecule has 1 aromatic heterocycles. The molecule has 1 aliphatic rings. The summed E-state index contributed by atoms with van der Waals surface area (Å²) in [5.74, 6) is -15.8. The van der Waals surface area contributed by atoms with Gasteiger partial charge in [-0.25, -0.2) is 4.98 Å². The van der Waals surface area contributed by atoms with E-state index in [0.717, 1.165) is 32.6 Å². The Kier molecular flexibility index (Phi) is 57.2. The maximum absolute atomic E-state index is 14.8. The van der Waals surface area contributed by atoms with Gasteiger partial charge < -0.3 is 139 Å². The molecule has 1 saturated heterocycles. The van der Waals surface area contributed by atoms with Crippen molar-refractivity contribution in [1.82, 2.24) is 89.3 Å². The maximum atomic E-state index is 14.8. The third-order valence-corrected chi connectivity index (χ3v) is 23.2. The number of benzene rings is 1. The number of phenols is 1. The highest BCUT2D eigenvalue weighted by atomic mass is 32.2. The van der Waals surface area contributed by atoms with Crippen LogP contribution in [-0.4, -0.2) is 278 Å². The number of primary amides is 1. The van der Waals surface area contributed by atoms with Gasteiger partial charge >= 0.3 is 5.97 Å². The zero-order valence-corrected chi connectivity index (χ0v) is 79.0. The summed E-state index contributed by atoms with van der Waals surface area (Å²) in [5, 5.41) is 94.0. The highest BCUT2D eigenvalue weighted by Gasteiger charge is 2.46. The molecule has 750 valence electrons. The van der Waals surface area contributed by atoms with Crippen molar-refractivity contribution >= 4 is 112 Å². The number of H-pyrrole nitrogens is 1. The predicted octanol–water partition coefficient (Wildman–Crippen LogP) is -1.77. The van der Waals surface area contributed by atoms with Crippen molar-refractivity contribution in [1.29, 1.82) is 10.8 Å². The van der Waals surface area contributed by atoms with Crippen LogP contribution in [0.25, 0.3) is 0 Å². The quantitative estimate of drug-likeness (QED) is 0.0198. The molecule has 1 unspecified atom stereocenters. The first-order chi connectivity index (χ1) is 63.4. The van der Waals surface area contributed by atoms with Gasteiger partial charge in [0.05, 0.1) is 31.2 Å². The maximum Gasteiger partial charge on any atom is 0.305 e. The number of hydrogen-bond acceptors (Lipinski definition) is 25. The molecular formula is C88H153N25O19S. The molecule has 45 heteroatoms. The Hall–Kier alpha value is -11.0. The molecule has 33 N–H and O–H groups in total. The van der Waals surface area contributed by atoms with Crippen LogP contribution in [-0.2, 0) is 84.8 Å². The molecule has 0 spiro atoms. The number of nitrogens with one attached hydrogen (secondary N) is 17. The number of carbonyl (C=O) groups excluding carboxylic acids is 14. The summed E-state index contributed by atoms with van der Waals surface area (Å²) in [4.78, 5) is 221. The van der Waals surface area contributed by atoms with E-state index in [1.165, 1.54) is 105 Å². The minimum atomic E-state index is -2.09. The monoisotopic (exact) mass is 1900 g/mol. The van der Waals surface area contributed by atoms with Gasteiger partial charge in [0, 0.05) is 44.6 Å². The third kappa shape index (κ3) is 46.5. The summed E-state index contributed by atoms with van der Waals surface area (Å²) in [7, 11) is 0. The molecule has 0 bridgehead atoms. The number of unbranched alkanes of at least 4 members (excludes halogenated alkanes) is 15. The second-order valence-corrected chi connectivity index (χ2v) is 35.3. The number of aliphatic hydroxyl groups excluding tert-OH is 2. The number of nitrogens with zero attached hydrogens (tertiary/aromatic N) is 2. The zero-order chi connectivity index (χ0) is 98.9. The normalized spacial score (nSPS) is 15.9. The van der Waals surface area contributed by atoms with Gasteiger partial charge in [0.2, 0.25) is 82.7 Å². The number of nitrogens with two attached hydrogens (primary N) is 6. The van der Waals surface area contributed by atoms with Gasteiger partial charge in [0.15, 0.2) is 11.9 Å². The summed E-state index contributed by atoms with van der Waals surface area (Å²) in [6.45, 7) is 8.06. The van der Waals surface area contributed by atoms with Gasteiger partial charge in [0.25, 0.3) is 0 Å². The van der Waals surface area contributed by atoms with E-state index in [4.69, 9.17) is 45.2 Å². The van der Waals surface area contributed by atoms with Crippen molar-refractivity contribution in [2.75, 3.05) is 51.3 Å². The Morgan fingerprint density at radius 2 is 0.940 bits per heavy atom. The van der Waals surface area contributed by atoms with E-state index in [-0.39, 0.29) is 146 Å². The van der Waals surface area contributed by atoms with E-state index in [9.17, 15) is 92.3 Å². The number of hydrogen-bond donors (Lipinski definition) is 27. The molecular weight excluding hydrogens is 1740 g/mol. The number of imidazole rings is 1. The molecule has 15 atom stereocenters. The number of rotatable bonds is 72. The van der Waals surface area contributed by atoms with Crippen LogP contribution in [0.1, 0.15) is 245 Å². The molecule has 2 aromatic rings. The fourth-order valence-electron chi connectivity index (χ4n) is 15.2. The number of phenolic OH excluding ortho intramolecular Hbond substituents is 1. The van der Waals surface area contributed by atoms with Crippen molar-refractivity contribution in [2.45, 2.75) is 337 Å². The molecule has 44 nitrogen and oxygen atoms in total. The molecule has 3 rings (SSSR count). The molecule has 1 aromatic carbocycles. The number of aliphatic carboxylic acids is 1. The van der Waals surface area contributed by atoms with Gasteiger partial charge in [-0.05, 0) is 178 Å². The summed E-state index contributed by atoms with van der Waals surface area (Å²) in [6.07, 6.45) is 17.9. The second-order valence-electron chi connectivity index (χ2n) is 34.3. The van der Waals surface area contributed by atoms with E-state index < -0.39 is 198 Å². The van der Waals surface area contributed by atoms with E-state index in [1.54, 1.807) is 27.0 Å². The first-order valence-electron chi connectivity index (χ1n) is 46.7. The van der Waals surface area contributed by atoms with E-state index >= 15 is 0 Å². The first-order valence-corrected chi connectivity index (χ1v) is 48.1. The number of carboxylic acid groups (broad SMARTS) is 1. The first kappa shape index (κ1) is 116. The minimum Gasteiger partial charge on any atom is -0.508 e. The molecule has 1 aliphatic heterocycles. The number of aromatic hydroxyl groups is 1. The van der Waals surface area contributed by atoms with Crippen molar-refractivity contribution in [3.05, 3.63) is 48.0 Å². The van der Waals surface area contributed by atoms with Crippen LogP contribution in [0, 0.1) is 16.7 Å². The van der Waals surface area contributed by atoms with Gasteiger partial charge in [-0.3, -0.25) is 82.7 Å². The van der Waals surface area contributed by atoms with Crippen LogP contribution >= 0.6 is 11.8 Å². The topological polar surface area (TPSA) is 741 Å². The lowest BCUT2D eigenvalue weighted by Gasteiger charge is -2.32. The molecule has 0 saturated carbocycles. The van der Waals surface area contributed by atoms with Gasteiger partial charge in [0.1, 0.15) is 84.3 Å². The fourth-order valence-corrected chi connectivity index (χ4v) is 15.6. The lowest BCUT2D eigenvalue weighted by atomic mass is 10.0. The van der Waals surface area contributed by atoms with Crippen LogP contribution < -0.4 is 109 Å². The summed E-state index contributed by atoms with van der Waals surface area (Å²) < 4.78 is 0. The highest BCUT2D eigenvalue weighted by molar-refractivity contribution is 7.98. The highest BCUT2D eigenvalue weighted by Crippen LogP contribution is 2.26. The number of thioether (sulfide) groups is 1. The summed E-state index contributed by atoms with van der Waals surface area (Å²) >= 11 is 1.21. The average Bonchev–Trinajstić information content (AvgIpc) is 1.65. The number of guanidine groups is 2. The third-order valence-electron chi connectivity index (χ3n) is 22.5. The Bertz CT molecular complexity index is 3950. The predicted molar refractivity (Wildman–Crippen MR) is 502 cm³/mol. The van der Waals surface area contributed by atoms with Gasteiger partial charge in [-0.2, -0.15) is 11.8 Å². The van der Waals surface area contributed by atoms with Crippen molar-refractivity contribution < 1.29 is 92.3 Å². The molecule has 133 heavy (non-hydrogen) atoms. The van der Waals surface area contributed by atoms with Crippen molar-refractivity contribution in [3.63, 3.8) is 0 Å². The number of likely N-dealkylation sites (tertiary alicyclic amines) is 1. The molecule has 14 amide bonds. The van der Waals surface area contributed by atoms with E-state index in [2.05, 4.69) is 91.3 Å². The molecule has 2 heterocycles. The number of aromatic amines is 1. The van der Waals surface area contributed by atoms with Crippen LogP contribution in [0.2, 0.25) is 0 Å². The van der Waals surface area contributed by atoms with E-state index in [0.29, 0.717) is 49.9 Å². The number of aliphatic hydroxyl groups is 2. The number of aromatic nitrogens is 2. The van der Waals surface area contributed by atoms with Crippen LogP contribution in [0.5, 0.6) is 5.75 Å². The summed E-state index contributed by atoms with van der Waals surface area (Å²) in [6, 6.07) is -15.3. The second kappa shape index (κ2) is 65.6. The minimum absolute atomic E-state index is 0.0204. The van der Waals surface area contributed by atoms with Crippen LogP contribution in [0.3, 0.4) is 0 Å². The Balaban J connectivity index is 1.91. The average molecular weight is 1900 g/mol. The van der Waals surface area contributed by atoms with Gasteiger partial charge in [-0.1, -0.05) is 110 Å². The van der Waals surface area contributed by atoms with Gasteiger partial charge in [-0.15, -0.1) is 0 Å². The number of carbonyl (C=O) groups is 15. The Morgan fingerprint density at radius 3 is 1.41 bits per heavy atom. The summed E-state index contributed by atoms with van der Waals surface area (Å²) in [5.41, 5.74) is 35.0. The largest absolute Gasteiger partial charge is 0.508 e. The van der Waals surface area contributed by atoms with Crippen molar-refractivity contribution in [2.24, 2.45) is 40.3 Å². The fraction of sp³-hybridized carbons (Fsp3) is 0.705. The smallest absolute Gasteiger partial charge is 0.305 e. The Labute approximate surface area is 783 Å². The standard InChI is InChI=1S/C88H153N25O19S/c1-7-8-9-10-11-12-13-14-15-16-17-18-19-33-71(117)101-59(28-20-23-39-89)75(121)102-61(30-22-25-41-91)78(124)110-68-46-54(4)113(86(68)132)70(32-27-43-99-88(95)96)84(130)111-69(51-114)83(129)105-63(38-44-133-6)79(125)112-73(55(5)115)85(131)109-67(49-72(118)119)82(128)103-60(29-21-24-40-90)76(122)108-66(47-56-34-36-58(116)37-35-56)81(127)104-62(31-26-42-98-87(93)94)77(123)107-65(45-53(2)3)80(126)106-64(74(92)120)48-57-50-97-52-100-57/h34-37,50,52-55,59-70,73,114-116H,7-33,38-49,51,89-91H2,1-6H3,(H2,92,120)(H,97,100)(H,101,117)(H,102,121)(H,103,128)(H,104,127)(H,105,129)(H,106,126)(H,107,123)(H,108,122)(H,109,131)(H,110,124)(H,111,130)(H,112,125)(H,118,119)(H4,93,94,98)(H4,95,96,99)/t54?,55-,59-,60+,61+,62+,63+,64+,65+,66+,67+,68+,69+,70+,73+/m1/s1. The lowest BCUT2D eigenvalue weighted by Crippen LogP contribution is -2.62. The van der Waals surface area contributed by atoms with Crippen molar-refractivity contribution in [3.8, 4) is 5.75 Å². The van der Waals surface area contributed by atoms with Crippen LogP contribution in [0.4, 0.5) is 0 Å². The van der Waals surface area contributed by atoms with Crippen LogP contribution in [0.15, 0.2) is 36.8 Å². The number of carboxylic acids is 1. The molecule has 0 aliphatic carbocycles. The Morgan fingerprint density at radius 1 is 0.511 bits per heavy atom. The zero-order valence-electron chi connectivity index (χ0n) is 78.2. The number of amides is 14.